The summed E-state index contributed by atoms with van der Waals surface area (Å²) in [4.78, 5) is 0. The van der Waals surface area contributed by atoms with Crippen molar-refractivity contribution in [3.05, 3.63) is 23.3 Å². The Labute approximate surface area is 70.0 Å². The van der Waals surface area contributed by atoms with E-state index in [9.17, 15) is 0 Å². The molecule has 0 radical (unpaired) electrons. The second-order valence-corrected chi connectivity index (χ2v) is 3.17. The summed E-state index contributed by atoms with van der Waals surface area (Å²) in [6.45, 7) is 4.51. The summed E-state index contributed by atoms with van der Waals surface area (Å²) in [7, 11) is 0. The van der Waals surface area contributed by atoms with Gasteiger partial charge >= 0.3 is 0 Å². The van der Waals surface area contributed by atoms with Crippen molar-refractivity contribution in [2.75, 3.05) is 0 Å². The van der Waals surface area contributed by atoms with Gasteiger partial charge in [0, 0.05) is 0 Å². The lowest BCUT2D eigenvalue weighted by atomic mass is 9.93. The largest absolute Gasteiger partial charge is 0.0839 e. The van der Waals surface area contributed by atoms with Crippen LogP contribution in [0.1, 0.15) is 46.0 Å². The Balaban J connectivity index is 2.66. The molecule has 0 aromatic carbocycles. The maximum absolute atomic E-state index is 2.31. The highest BCUT2D eigenvalue weighted by Gasteiger charge is 2.04. The smallest absolute Gasteiger partial charge is 0.0280 e. The van der Waals surface area contributed by atoms with Gasteiger partial charge < -0.3 is 0 Å². The molecule has 0 aromatic rings. The van der Waals surface area contributed by atoms with E-state index in [1.54, 1.807) is 11.1 Å². The van der Waals surface area contributed by atoms with Gasteiger partial charge in [0.2, 0.25) is 0 Å². The van der Waals surface area contributed by atoms with Crippen LogP contribution in [0, 0.1) is 0 Å². The summed E-state index contributed by atoms with van der Waals surface area (Å²) in [6.07, 6.45) is 11.0. The van der Waals surface area contributed by atoms with Crippen LogP contribution >= 0.6 is 0 Å². The van der Waals surface area contributed by atoms with E-state index in [4.69, 9.17) is 0 Å². The van der Waals surface area contributed by atoms with E-state index in [0.29, 0.717) is 0 Å². The van der Waals surface area contributed by atoms with Gasteiger partial charge in [-0.1, -0.05) is 38.0 Å². The van der Waals surface area contributed by atoms with Crippen LogP contribution in [0.2, 0.25) is 0 Å². The monoisotopic (exact) mass is 150 g/mol. The fourth-order valence-corrected chi connectivity index (χ4v) is 1.72. The van der Waals surface area contributed by atoms with Crippen molar-refractivity contribution < 1.29 is 0 Å². The molecule has 11 heavy (non-hydrogen) atoms. The molecule has 1 aliphatic carbocycles. The molecule has 0 unspecified atom stereocenters. The highest BCUT2D eigenvalue weighted by Crippen LogP contribution is 2.24. The number of hydrogen-bond donors (Lipinski definition) is 0. The van der Waals surface area contributed by atoms with Crippen LogP contribution in [-0.2, 0) is 0 Å². The van der Waals surface area contributed by atoms with Crippen molar-refractivity contribution in [1.29, 1.82) is 0 Å². The lowest BCUT2D eigenvalue weighted by Gasteiger charge is -2.13. The molecule has 0 atom stereocenters. The Morgan fingerprint density at radius 2 is 2.18 bits per heavy atom. The van der Waals surface area contributed by atoms with Crippen molar-refractivity contribution in [3.63, 3.8) is 0 Å². The van der Waals surface area contributed by atoms with Gasteiger partial charge in [0.15, 0.2) is 0 Å². The summed E-state index contributed by atoms with van der Waals surface area (Å²) >= 11 is 0. The van der Waals surface area contributed by atoms with Crippen molar-refractivity contribution in [2.45, 2.75) is 46.0 Å². The fraction of sp³-hybridized carbons (Fsp3) is 0.636. The maximum Gasteiger partial charge on any atom is -0.0280 e. The number of hydrogen-bond acceptors (Lipinski definition) is 0. The molecule has 1 aliphatic rings. The van der Waals surface area contributed by atoms with Gasteiger partial charge in [-0.3, -0.25) is 0 Å². The second-order valence-electron chi connectivity index (χ2n) is 3.17. The molecule has 0 bridgehead atoms. The third-order valence-electron chi connectivity index (χ3n) is 2.32. The lowest BCUT2D eigenvalue weighted by Crippen LogP contribution is -1.93. The molecular weight excluding hydrogens is 132 g/mol. The van der Waals surface area contributed by atoms with Gasteiger partial charge in [0.05, 0.1) is 0 Å². The number of allylic oxidation sites excluding steroid dienone is 4. The van der Waals surface area contributed by atoms with Gasteiger partial charge in [0.25, 0.3) is 0 Å². The van der Waals surface area contributed by atoms with Crippen LogP contribution in [0.4, 0.5) is 0 Å². The highest BCUT2D eigenvalue weighted by atomic mass is 14.1. The Kier molecular flexibility index (Phi) is 3.41. The molecule has 0 nitrogen and oxygen atoms in total. The minimum absolute atomic E-state index is 1.21. The van der Waals surface area contributed by atoms with Crippen molar-refractivity contribution in [1.82, 2.24) is 0 Å². The van der Waals surface area contributed by atoms with Crippen LogP contribution < -0.4 is 0 Å². The lowest BCUT2D eigenvalue weighted by molar-refractivity contribution is 0.796. The van der Waals surface area contributed by atoms with Crippen molar-refractivity contribution in [3.8, 4) is 0 Å². The fourth-order valence-electron chi connectivity index (χ4n) is 1.72. The molecule has 0 saturated heterocycles. The van der Waals surface area contributed by atoms with E-state index in [0.717, 1.165) is 0 Å². The summed E-state index contributed by atoms with van der Waals surface area (Å²) < 4.78 is 0. The Morgan fingerprint density at radius 1 is 1.36 bits per heavy atom. The SMILES string of the molecule is CCCC1=C(CC)C=CCC1. The minimum Gasteiger partial charge on any atom is -0.0839 e. The predicted octanol–water partition coefficient (Wildman–Crippen LogP) is 3.84. The summed E-state index contributed by atoms with van der Waals surface area (Å²) in [5.74, 6) is 0. The molecule has 0 heteroatoms. The summed E-state index contributed by atoms with van der Waals surface area (Å²) in [6, 6.07) is 0. The zero-order valence-corrected chi connectivity index (χ0v) is 7.69. The van der Waals surface area contributed by atoms with E-state index in [2.05, 4.69) is 26.0 Å². The first kappa shape index (κ1) is 8.58. The van der Waals surface area contributed by atoms with Gasteiger partial charge in [0.1, 0.15) is 0 Å². The van der Waals surface area contributed by atoms with E-state index in [1.807, 2.05) is 0 Å². The van der Waals surface area contributed by atoms with Gasteiger partial charge in [-0.15, -0.1) is 0 Å². The summed E-state index contributed by atoms with van der Waals surface area (Å²) in [5.41, 5.74) is 3.30. The van der Waals surface area contributed by atoms with E-state index >= 15 is 0 Å². The van der Waals surface area contributed by atoms with Crippen molar-refractivity contribution in [2.24, 2.45) is 0 Å². The summed E-state index contributed by atoms with van der Waals surface area (Å²) in [5, 5.41) is 0. The van der Waals surface area contributed by atoms with E-state index in [1.165, 1.54) is 32.1 Å². The van der Waals surface area contributed by atoms with Gasteiger partial charge in [-0.25, -0.2) is 0 Å². The molecule has 0 aromatic heterocycles. The average Bonchev–Trinajstić information content (AvgIpc) is 2.06. The Morgan fingerprint density at radius 3 is 2.82 bits per heavy atom. The topological polar surface area (TPSA) is 0 Å². The molecule has 0 spiro atoms. The first-order chi connectivity index (χ1) is 5.38. The normalized spacial score (nSPS) is 17.6. The van der Waals surface area contributed by atoms with Crippen LogP contribution in [0.3, 0.4) is 0 Å². The maximum atomic E-state index is 2.31. The van der Waals surface area contributed by atoms with Gasteiger partial charge in [-0.2, -0.15) is 0 Å². The van der Waals surface area contributed by atoms with E-state index in [-0.39, 0.29) is 0 Å². The van der Waals surface area contributed by atoms with Crippen LogP contribution in [0.5, 0.6) is 0 Å². The van der Waals surface area contributed by atoms with Gasteiger partial charge in [-0.05, 0) is 31.3 Å². The van der Waals surface area contributed by atoms with Crippen LogP contribution in [-0.4, -0.2) is 0 Å². The highest BCUT2D eigenvalue weighted by molar-refractivity contribution is 5.29. The predicted molar refractivity (Wildman–Crippen MR) is 50.6 cm³/mol. The molecule has 62 valence electrons. The third-order valence-corrected chi connectivity index (χ3v) is 2.32. The Hall–Kier alpha value is -0.520. The second kappa shape index (κ2) is 4.38. The first-order valence-corrected chi connectivity index (χ1v) is 4.76. The molecule has 1 rings (SSSR count). The average molecular weight is 150 g/mol. The minimum atomic E-state index is 1.21. The molecule has 0 amide bonds. The zero-order valence-electron chi connectivity index (χ0n) is 7.69. The standard InChI is InChI=1S/C11H18/c1-3-7-11-9-6-5-8-10(11)4-2/h5,8H,3-4,6-7,9H2,1-2H3. The zero-order chi connectivity index (χ0) is 8.10. The molecule has 0 aliphatic heterocycles. The van der Waals surface area contributed by atoms with E-state index < -0.39 is 0 Å². The molecular formula is C11H18. The van der Waals surface area contributed by atoms with Crippen LogP contribution in [0.15, 0.2) is 23.3 Å². The van der Waals surface area contributed by atoms with Crippen molar-refractivity contribution >= 4 is 0 Å². The molecule has 0 N–H and O–H groups in total. The van der Waals surface area contributed by atoms with Crippen LogP contribution in [0.25, 0.3) is 0 Å². The molecule has 0 saturated carbocycles. The number of rotatable bonds is 3. The molecule has 0 heterocycles. The third kappa shape index (κ3) is 2.21. The Bertz CT molecular complexity index is 172. The first-order valence-electron chi connectivity index (χ1n) is 4.76. The quantitative estimate of drug-likeness (QED) is 0.573. The molecule has 0 fully saturated rings.